The lowest BCUT2D eigenvalue weighted by Crippen LogP contribution is -2.23. The Kier molecular flexibility index (Phi) is 4.06. The van der Waals surface area contributed by atoms with Crippen molar-refractivity contribution in [3.8, 4) is 0 Å². The molecule has 0 unspecified atom stereocenters. The normalized spacial score (nSPS) is 10.7. The summed E-state index contributed by atoms with van der Waals surface area (Å²) in [5.41, 5.74) is 2.14. The largest absolute Gasteiger partial charge is 0.315 e. The summed E-state index contributed by atoms with van der Waals surface area (Å²) in [6.45, 7) is 2.31. The van der Waals surface area contributed by atoms with E-state index in [-0.39, 0.29) is 11.4 Å². The molecule has 2 rings (SSSR count). The highest BCUT2D eigenvalue weighted by molar-refractivity contribution is 5.22. The maximum atomic E-state index is 12.8. The van der Waals surface area contributed by atoms with E-state index in [0.717, 1.165) is 11.3 Å². The summed E-state index contributed by atoms with van der Waals surface area (Å²) in [5.74, 6) is 0.319. The molecular weight excluding hydrogens is 245 g/mol. The molecule has 0 aliphatic rings. The number of H-pyrrole nitrogens is 1. The highest BCUT2D eigenvalue weighted by atomic mass is 19.1. The average Bonchev–Trinajstić information content (AvgIpc) is 2.37. The van der Waals surface area contributed by atoms with Crippen LogP contribution in [-0.2, 0) is 13.0 Å². The Morgan fingerprint density at radius 1 is 1.32 bits per heavy atom. The zero-order chi connectivity index (χ0) is 13.8. The minimum absolute atomic E-state index is 0.126. The van der Waals surface area contributed by atoms with Crippen molar-refractivity contribution in [2.45, 2.75) is 19.9 Å². The molecule has 0 aliphatic heterocycles. The van der Waals surface area contributed by atoms with Gasteiger partial charge in [0.15, 0.2) is 0 Å². The highest BCUT2D eigenvalue weighted by Gasteiger charge is 2.07. The van der Waals surface area contributed by atoms with Crippen LogP contribution in [0.1, 0.15) is 22.6 Å². The van der Waals surface area contributed by atoms with Crippen LogP contribution in [-0.4, -0.2) is 17.0 Å². The van der Waals surface area contributed by atoms with Gasteiger partial charge in [0.2, 0.25) is 0 Å². The molecule has 0 fully saturated rings. The first-order chi connectivity index (χ1) is 9.10. The average molecular weight is 261 g/mol. The zero-order valence-corrected chi connectivity index (χ0v) is 11.0. The van der Waals surface area contributed by atoms with E-state index in [9.17, 15) is 9.18 Å². The van der Waals surface area contributed by atoms with Crippen LogP contribution in [0.2, 0.25) is 0 Å². The Bertz CT molecular complexity index is 620. The number of aryl methyl sites for hydroxylation is 1. The molecule has 19 heavy (non-hydrogen) atoms. The first-order valence-electron chi connectivity index (χ1n) is 6.08. The minimum atomic E-state index is -0.272. The molecule has 2 N–H and O–H groups in total. The predicted octanol–water partition coefficient (Wildman–Crippen LogP) is 1.53. The number of benzene rings is 1. The summed E-state index contributed by atoms with van der Waals surface area (Å²) in [5, 5.41) is 2.94. The summed E-state index contributed by atoms with van der Waals surface area (Å²) in [7, 11) is 1.78. The van der Waals surface area contributed by atoms with Gasteiger partial charge in [-0.1, -0.05) is 12.1 Å². The van der Waals surface area contributed by atoms with E-state index in [1.165, 1.54) is 12.1 Å². The molecule has 0 saturated heterocycles. The van der Waals surface area contributed by atoms with Crippen molar-refractivity contribution in [1.29, 1.82) is 0 Å². The van der Waals surface area contributed by atoms with Crippen molar-refractivity contribution in [1.82, 2.24) is 15.3 Å². The molecule has 0 atom stereocenters. The lowest BCUT2D eigenvalue weighted by atomic mass is 10.1. The molecule has 0 saturated carbocycles. The third kappa shape index (κ3) is 3.26. The van der Waals surface area contributed by atoms with Gasteiger partial charge >= 0.3 is 0 Å². The second-order valence-electron chi connectivity index (χ2n) is 4.41. The molecule has 0 aliphatic carbocycles. The van der Waals surface area contributed by atoms with Crippen molar-refractivity contribution in [3.63, 3.8) is 0 Å². The van der Waals surface area contributed by atoms with Gasteiger partial charge in [0.05, 0.1) is 5.56 Å². The summed E-state index contributed by atoms with van der Waals surface area (Å²) in [4.78, 5) is 19.0. The summed E-state index contributed by atoms with van der Waals surface area (Å²) >= 11 is 0. The van der Waals surface area contributed by atoms with E-state index in [0.29, 0.717) is 24.4 Å². The van der Waals surface area contributed by atoms with Crippen LogP contribution in [0.3, 0.4) is 0 Å². The van der Waals surface area contributed by atoms with Crippen molar-refractivity contribution in [2.75, 3.05) is 7.05 Å². The third-order valence-electron chi connectivity index (χ3n) is 2.91. The van der Waals surface area contributed by atoms with E-state index < -0.39 is 0 Å². The lowest BCUT2D eigenvalue weighted by Gasteiger charge is -2.07. The second-order valence-corrected chi connectivity index (χ2v) is 4.41. The maximum Gasteiger partial charge on any atom is 0.255 e. The molecule has 2 aromatic rings. The Labute approximate surface area is 110 Å². The van der Waals surface area contributed by atoms with E-state index in [1.54, 1.807) is 19.2 Å². The van der Waals surface area contributed by atoms with Gasteiger partial charge in [-0.15, -0.1) is 0 Å². The van der Waals surface area contributed by atoms with Gasteiger partial charge in [0, 0.05) is 18.7 Å². The lowest BCUT2D eigenvalue weighted by molar-refractivity contribution is 0.627. The summed E-state index contributed by atoms with van der Waals surface area (Å²) < 4.78 is 12.8. The first kappa shape index (κ1) is 13.4. The van der Waals surface area contributed by atoms with Crippen LogP contribution in [0.25, 0.3) is 0 Å². The number of hydrogen-bond acceptors (Lipinski definition) is 3. The van der Waals surface area contributed by atoms with Crippen LogP contribution in [0.15, 0.2) is 29.1 Å². The SMILES string of the molecule is CNCc1c(C)nc(Cc2ccc(F)cc2)[nH]c1=O. The van der Waals surface area contributed by atoms with E-state index in [2.05, 4.69) is 15.3 Å². The second kappa shape index (κ2) is 5.75. The van der Waals surface area contributed by atoms with Crippen LogP contribution in [0.5, 0.6) is 0 Å². The molecule has 0 amide bonds. The quantitative estimate of drug-likeness (QED) is 0.877. The van der Waals surface area contributed by atoms with Gasteiger partial charge in [-0.3, -0.25) is 4.79 Å². The van der Waals surface area contributed by atoms with Crippen LogP contribution >= 0.6 is 0 Å². The molecule has 1 aromatic carbocycles. The molecular formula is C14H16FN3O. The first-order valence-corrected chi connectivity index (χ1v) is 6.08. The van der Waals surface area contributed by atoms with Gasteiger partial charge in [0.25, 0.3) is 5.56 Å². The maximum absolute atomic E-state index is 12.8. The van der Waals surface area contributed by atoms with E-state index in [4.69, 9.17) is 0 Å². The van der Waals surface area contributed by atoms with Crippen molar-refractivity contribution in [2.24, 2.45) is 0 Å². The standard InChI is InChI=1S/C14H16FN3O/c1-9-12(8-16-2)14(19)18-13(17-9)7-10-3-5-11(15)6-4-10/h3-6,16H,7-8H2,1-2H3,(H,17,18,19). The fourth-order valence-electron chi connectivity index (χ4n) is 1.93. The number of rotatable bonds is 4. The Morgan fingerprint density at radius 3 is 2.58 bits per heavy atom. The number of aromatic nitrogens is 2. The topological polar surface area (TPSA) is 57.8 Å². The summed E-state index contributed by atoms with van der Waals surface area (Å²) in [6, 6.07) is 6.17. The van der Waals surface area contributed by atoms with Crippen molar-refractivity contribution >= 4 is 0 Å². The molecule has 100 valence electrons. The number of aromatic amines is 1. The van der Waals surface area contributed by atoms with Crippen LogP contribution in [0.4, 0.5) is 4.39 Å². The number of halogens is 1. The molecule has 0 bridgehead atoms. The van der Waals surface area contributed by atoms with Gasteiger partial charge in [-0.05, 0) is 31.7 Å². The van der Waals surface area contributed by atoms with Gasteiger partial charge in [-0.2, -0.15) is 0 Å². The van der Waals surface area contributed by atoms with Gasteiger partial charge in [0.1, 0.15) is 11.6 Å². The van der Waals surface area contributed by atoms with Crippen LogP contribution < -0.4 is 10.9 Å². The summed E-state index contributed by atoms with van der Waals surface area (Å²) in [6.07, 6.45) is 0.482. The van der Waals surface area contributed by atoms with Gasteiger partial charge < -0.3 is 10.3 Å². The molecule has 5 heteroatoms. The predicted molar refractivity (Wildman–Crippen MR) is 71.6 cm³/mol. The molecule has 0 radical (unpaired) electrons. The zero-order valence-electron chi connectivity index (χ0n) is 11.0. The fourth-order valence-corrected chi connectivity index (χ4v) is 1.93. The molecule has 1 aromatic heterocycles. The number of nitrogens with one attached hydrogen (secondary N) is 2. The Morgan fingerprint density at radius 2 is 2.00 bits per heavy atom. The third-order valence-corrected chi connectivity index (χ3v) is 2.91. The number of hydrogen-bond donors (Lipinski definition) is 2. The highest BCUT2D eigenvalue weighted by Crippen LogP contribution is 2.07. The van der Waals surface area contributed by atoms with E-state index in [1.807, 2.05) is 6.92 Å². The van der Waals surface area contributed by atoms with Gasteiger partial charge in [-0.25, -0.2) is 9.37 Å². The molecule has 0 spiro atoms. The fraction of sp³-hybridized carbons (Fsp3) is 0.286. The van der Waals surface area contributed by atoms with Crippen molar-refractivity contribution in [3.05, 3.63) is 63.1 Å². The Hall–Kier alpha value is -2.01. The Balaban J connectivity index is 2.27. The van der Waals surface area contributed by atoms with Crippen LogP contribution in [0, 0.1) is 12.7 Å². The van der Waals surface area contributed by atoms with Crippen molar-refractivity contribution < 1.29 is 4.39 Å². The monoisotopic (exact) mass is 261 g/mol. The smallest absolute Gasteiger partial charge is 0.255 e. The number of nitrogens with zero attached hydrogens (tertiary/aromatic N) is 1. The molecule has 1 heterocycles. The van der Waals surface area contributed by atoms with E-state index >= 15 is 0 Å². The molecule has 4 nitrogen and oxygen atoms in total. The minimum Gasteiger partial charge on any atom is -0.315 e.